The molecule has 0 radical (unpaired) electrons. The fourth-order valence-corrected chi connectivity index (χ4v) is 1.27. The van der Waals surface area contributed by atoms with Crippen molar-refractivity contribution in [3.05, 3.63) is 42.5 Å². The van der Waals surface area contributed by atoms with Gasteiger partial charge < -0.3 is 10.3 Å². The molecule has 0 aliphatic heterocycles. The van der Waals surface area contributed by atoms with Gasteiger partial charge >= 0.3 is 0 Å². The highest BCUT2D eigenvalue weighted by molar-refractivity contribution is 7.80. The van der Waals surface area contributed by atoms with Crippen LogP contribution >= 0.6 is 12.6 Å². The first-order chi connectivity index (χ1) is 7.25. The lowest BCUT2D eigenvalue weighted by Crippen LogP contribution is -2.13. The summed E-state index contributed by atoms with van der Waals surface area (Å²) in [6, 6.07) is 7.17. The Bertz CT molecular complexity index is 450. The third-order valence-corrected chi connectivity index (χ3v) is 2.14. The monoisotopic (exact) mass is 219 g/mol. The highest BCUT2D eigenvalue weighted by Crippen LogP contribution is 2.12. The van der Waals surface area contributed by atoms with Crippen LogP contribution in [0.1, 0.15) is 10.6 Å². The Balaban J connectivity index is 2.09. The molecule has 0 saturated heterocycles. The predicted molar refractivity (Wildman–Crippen MR) is 60.2 cm³/mol. The van der Waals surface area contributed by atoms with Gasteiger partial charge in [0.2, 0.25) is 0 Å². The van der Waals surface area contributed by atoms with Gasteiger partial charge in [0.15, 0.2) is 5.82 Å². The number of nitrogens with one attached hydrogen (secondary N) is 2. The second kappa shape index (κ2) is 4.18. The van der Waals surface area contributed by atoms with Crippen molar-refractivity contribution in [3.8, 4) is 0 Å². The Morgan fingerprint density at radius 2 is 2.07 bits per heavy atom. The van der Waals surface area contributed by atoms with Gasteiger partial charge in [-0.3, -0.25) is 4.79 Å². The van der Waals surface area contributed by atoms with E-state index in [0.29, 0.717) is 11.5 Å². The SMILES string of the molecule is O=C(Nc1ccc(S)cc1)c1ncc[nH]1. The van der Waals surface area contributed by atoms with Crippen molar-refractivity contribution in [1.82, 2.24) is 9.97 Å². The van der Waals surface area contributed by atoms with Crippen molar-refractivity contribution < 1.29 is 4.79 Å². The Kier molecular flexibility index (Phi) is 2.73. The number of aromatic nitrogens is 2. The maximum atomic E-state index is 11.5. The number of aromatic amines is 1. The summed E-state index contributed by atoms with van der Waals surface area (Å²) in [4.78, 5) is 19.0. The number of amides is 1. The lowest BCUT2D eigenvalue weighted by Gasteiger charge is -2.02. The molecule has 1 aromatic heterocycles. The van der Waals surface area contributed by atoms with Crippen LogP contribution in [0.3, 0.4) is 0 Å². The smallest absolute Gasteiger partial charge is 0.291 e. The quantitative estimate of drug-likeness (QED) is 0.676. The molecule has 0 unspecified atom stereocenters. The second-order valence-corrected chi connectivity index (χ2v) is 3.46. The summed E-state index contributed by atoms with van der Waals surface area (Å²) >= 11 is 4.15. The Labute approximate surface area is 92.1 Å². The van der Waals surface area contributed by atoms with E-state index < -0.39 is 0 Å². The van der Waals surface area contributed by atoms with Gasteiger partial charge in [-0.2, -0.15) is 0 Å². The van der Waals surface area contributed by atoms with Gasteiger partial charge in [0.1, 0.15) is 0 Å². The van der Waals surface area contributed by atoms with Gasteiger partial charge in [0.25, 0.3) is 5.91 Å². The predicted octanol–water partition coefficient (Wildman–Crippen LogP) is 1.95. The molecule has 0 atom stereocenters. The van der Waals surface area contributed by atoms with Crippen LogP contribution in [0.4, 0.5) is 5.69 Å². The summed E-state index contributed by atoms with van der Waals surface area (Å²) < 4.78 is 0. The summed E-state index contributed by atoms with van der Waals surface area (Å²) in [6.45, 7) is 0. The molecule has 76 valence electrons. The number of carbonyl (C=O) groups is 1. The standard InChI is InChI=1S/C10H9N3OS/c14-10(9-11-5-6-12-9)13-7-1-3-8(15)4-2-7/h1-6,15H,(H,11,12)(H,13,14). The fourth-order valence-electron chi connectivity index (χ4n) is 1.12. The van der Waals surface area contributed by atoms with E-state index in [2.05, 4.69) is 27.9 Å². The van der Waals surface area contributed by atoms with Gasteiger partial charge in [0, 0.05) is 23.0 Å². The normalized spacial score (nSPS) is 9.93. The summed E-state index contributed by atoms with van der Waals surface area (Å²) in [5.41, 5.74) is 0.717. The highest BCUT2D eigenvalue weighted by atomic mass is 32.1. The second-order valence-electron chi connectivity index (χ2n) is 2.94. The molecule has 2 rings (SSSR count). The Morgan fingerprint density at radius 3 is 2.67 bits per heavy atom. The number of hydrogen-bond acceptors (Lipinski definition) is 3. The van der Waals surface area contributed by atoms with Crippen LogP contribution in [-0.4, -0.2) is 15.9 Å². The van der Waals surface area contributed by atoms with Crippen molar-refractivity contribution >= 4 is 24.2 Å². The van der Waals surface area contributed by atoms with Crippen molar-refractivity contribution in [1.29, 1.82) is 0 Å². The summed E-state index contributed by atoms with van der Waals surface area (Å²) in [7, 11) is 0. The third kappa shape index (κ3) is 2.38. The van der Waals surface area contributed by atoms with Crippen molar-refractivity contribution in [2.75, 3.05) is 5.32 Å². The van der Waals surface area contributed by atoms with Crippen molar-refractivity contribution in [2.45, 2.75) is 4.90 Å². The van der Waals surface area contributed by atoms with Crippen molar-refractivity contribution in [3.63, 3.8) is 0 Å². The minimum Gasteiger partial charge on any atom is -0.341 e. The molecule has 15 heavy (non-hydrogen) atoms. The zero-order chi connectivity index (χ0) is 10.7. The molecule has 1 amide bonds. The third-order valence-electron chi connectivity index (χ3n) is 1.84. The number of benzene rings is 1. The Hall–Kier alpha value is -1.75. The van der Waals surface area contributed by atoms with E-state index in [1.165, 1.54) is 6.20 Å². The van der Waals surface area contributed by atoms with E-state index in [1.807, 2.05) is 0 Å². The summed E-state index contributed by atoms with van der Waals surface area (Å²) in [5.74, 6) is 0.0388. The molecular formula is C10H9N3OS. The van der Waals surface area contributed by atoms with E-state index in [4.69, 9.17) is 0 Å². The number of rotatable bonds is 2. The summed E-state index contributed by atoms with van der Waals surface area (Å²) in [5, 5.41) is 2.70. The van der Waals surface area contributed by atoms with Crippen LogP contribution in [0.15, 0.2) is 41.6 Å². The van der Waals surface area contributed by atoms with Gasteiger partial charge in [-0.15, -0.1) is 12.6 Å². The number of H-pyrrole nitrogens is 1. The maximum absolute atomic E-state index is 11.5. The van der Waals surface area contributed by atoms with Gasteiger partial charge in [-0.25, -0.2) is 4.98 Å². The molecule has 0 spiro atoms. The number of thiol groups is 1. The Morgan fingerprint density at radius 1 is 1.33 bits per heavy atom. The number of hydrogen-bond donors (Lipinski definition) is 3. The van der Waals surface area contributed by atoms with Crippen LogP contribution in [0.5, 0.6) is 0 Å². The molecule has 0 aliphatic carbocycles. The molecule has 0 fully saturated rings. The first kappa shape index (κ1) is 9.79. The largest absolute Gasteiger partial charge is 0.341 e. The van der Waals surface area contributed by atoms with Crippen LogP contribution in [0.2, 0.25) is 0 Å². The first-order valence-electron chi connectivity index (χ1n) is 4.35. The molecule has 0 bridgehead atoms. The minimum absolute atomic E-state index is 0.257. The average Bonchev–Trinajstić information content (AvgIpc) is 2.74. The topological polar surface area (TPSA) is 57.8 Å². The number of nitrogens with zero attached hydrogens (tertiary/aromatic N) is 1. The number of anilines is 1. The lowest BCUT2D eigenvalue weighted by atomic mass is 10.3. The molecule has 4 nitrogen and oxygen atoms in total. The van der Waals surface area contributed by atoms with Crippen LogP contribution < -0.4 is 5.32 Å². The fraction of sp³-hybridized carbons (Fsp3) is 0. The van der Waals surface area contributed by atoms with E-state index >= 15 is 0 Å². The molecule has 0 saturated carbocycles. The number of imidazole rings is 1. The minimum atomic E-state index is -0.257. The van der Waals surface area contributed by atoms with E-state index in [-0.39, 0.29) is 5.91 Å². The van der Waals surface area contributed by atoms with Gasteiger partial charge in [-0.1, -0.05) is 0 Å². The van der Waals surface area contributed by atoms with E-state index in [1.54, 1.807) is 30.5 Å². The van der Waals surface area contributed by atoms with Crippen molar-refractivity contribution in [2.24, 2.45) is 0 Å². The zero-order valence-corrected chi connectivity index (χ0v) is 8.66. The van der Waals surface area contributed by atoms with Crippen LogP contribution in [0, 0.1) is 0 Å². The zero-order valence-electron chi connectivity index (χ0n) is 7.77. The summed E-state index contributed by atoms with van der Waals surface area (Å²) in [6.07, 6.45) is 3.14. The first-order valence-corrected chi connectivity index (χ1v) is 4.80. The maximum Gasteiger partial charge on any atom is 0.291 e. The molecule has 5 heteroatoms. The van der Waals surface area contributed by atoms with Crippen LogP contribution in [-0.2, 0) is 0 Å². The highest BCUT2D eigenvalue weighted by Gasteiger charge is 2.07. The molecule has 0 aliphatic rings. The number of carbonyl (C=O) groups excluding carboxylic acids is 1. The lowest BCUT2D eigenvalue weighted by molar-refractivity contribution is 0.101. The molecule has 2 aromatic rings. The van der Waals surface area contributed by atoms with E-state index in [0.717, 1.165) is 4.90 Å². The average molecular weight is 219 g/mol. The molecule has 1 aromatic carbocycles. The van der Waals surface area contributed by atoms with Gasteiger partial charge in [0.05, 0.1) is 0 Å². The van der Waals surface area contributed by atoms with E-state index in [9.17, 15) is 4.79 Å². The van der Waals surface area contributed by atoms with Gasteiger partial charge in [-0.05, 0) is 24.3 Å². The molecular weight excluding hydrogens is 210 g/mol. The molecule has 1 heterocycles. The molecule has 2 N–H and O–H groups in total. The van der Waals surface area contributed by atoms with Crippen LogP contribution in [0.25, 0.3) is 0 Å².